The van der Waals surface area contributed by atoms with Gasteiger partial charge in [-0.3, -0.25) is 0 Å². The smallest absolute Gasteiger partial charge is 0.438 e. The van der Waals surface area contributed by atoms with E-state index in [1.807, 2.05) is 14.1 Å². The van der Waals surface area contributed by atoms with Gasteiger partial charge in [-0.05, 0) is 18.9 Å². The maximum Gasteiger partial charge on any atom is 0.508 e. The van der Waals surface area contributed by atoms with Crippen LogP contribution in [0.2, 0.25) is 0 Å². The molecule has 0 bridgehead atoms. The molecule has 2 rings (SSSR count). The fourth-order valence-corrected chi connectivity index (χ4v) is 2.49. The summed E-state index contributed by atoms with van der Waals surface area (Å²) >= 11 is 0. The Morgan fingerprint density at radius 3 is 3.07 bits per heavy atom. The third-order valence-electron chi connectivity index (χ3n) is 3.74. The van der Waals surface area contributed by atoms with Crippen LogP contribution in [0.25, 0.3) is 0 Å². The van der Waals surface area contributed by atoms with Crippen LogP contribution in [0.15, 0.2) is 39.5 Å². The highest BCUT2D eigenvalue weighted by molar-refractivity contribution is 6.06. The summed E-state index contributed by atoms with van der Waals surface area (Å²) in [5.41, 5.74) is -0.687. The average molecular weight is 374 g/mol. The monoisotopic (exact) mass is 374 g/mol. The summed E-state index contributed by atoms with van der Waals surface area (Å²) in [5.74, 6) is 0.433. The molecule has 0 N–H and O–H groups in total. The normalized spacial score (nSPS) is 26.0. The van der Waals surface area contributed by atoms with Crippen LogP contribution in [-0.2, 0) is 14.2 Å². The van der Waals surface area contributed by atoms with Gasteiger partial charge in [0, 0.05) is 14.1 Å². The number of aliphatic imine (C=N–C) groups is 2. The molecule has 0 amide bonds. The van der Waals surface area contributed by atoms with Crippen molar-refractivity contribution in [2.24, 2.45) is 15.1 Å². The Bertz CT molecular complexity index is 736. The molecule has 10 heteroatoms. The summed E-state index contributed by atoms with van der Waals surface area (Å²) < 4.78 is 15.3. The maximum absolute atomic E-state index is 11.2. The summed E-state index contributed by atoms with van der Waals surface area (Å²) in [6.45, 7) is 3.48. The molecule has 27 heavy (non-hydrogen) atoms. The standard InChI is InChI=1S/C17H22N6O4/c1-5-6-13-15(20-12-22(2)3)19-11-21-23(13)14-7-8-17(9-18,27-14)10-26-16(24)25-4/h5-6,11-12,14H,1,7-8,10H2,2-4H3/b13-6-,20-12-/t14-,17?/m1/s1. The number of hydrogen-bond donors (Lipinski definition) is 0. The maximum atomic E-state index is 11.2. The molecule has 1 unspecified atom stereocenters. The minimum atomic E-state index is -1.27. The van der Waals surface area contributed by atoms with Crippen LogP contribution in [-0.4, -0.2) is 74.2 Å². The second-order valence-corrected chi connectivity index (χ2v) is 5.98. The van der Waals surface area contributed by atoms with Crippen LogP contribution in [0.5, 0.6) is 0 Å². The van der Waals surface area contributed by atoms with Crippen molar-refractivity contribution in [3.05, 3.63) is 24.4 Å². The molecular weight excluding hydrogens is 352 g/mol. The van der Waals surface area contributed by atoms with Gasteiger partial charge in [0.1, 0.15) is 24.7 Å². The molecule has 1 fully saturated rings. The van der Waals surface area contributed by atoms with E-state index in [9.17, 15) is 10.1 Å². The lowest BCUT2D eigenvalue weighted by Crippen LogP contribution is -2.40. The molecule has 0 aromatic carbocycles. The minimum absolute atomic E-state index is 0.232. The van der Waals surface area contributed by atoms with Gasteiger partial charge in [-0.1, -0.05) is 12.7 Å². The van der Waals surface area contributed by atoms with Gasteiger partial charge in [0.2, 0.25) is 0 Å². The minimum Gasteiger partial charge on any atom is -0.438 e. The van der Waals surface area contributed by atoms with Crippen molar-refractivity contribution >= 4 is 24.7 Å². The van der Waals surface area contributed by atoms with E-state index in [2.05, 4.69) is 32.5 Å². The van der Waals surface area contributed by atoms with Crippen LogP contribution in [0.4, 0.5) is 4.79 Å². The van der Waals surface area contributed by atoms with Crippen LogP contribution >= 0.6 is 0 Å². The number of nitriles is 1. The molecule has 2 atom stereocenters. The molecule has 2 aliphatic heterocycles. The fourth-order valence-electron chi connectivity index (χ4n) is 2.49. The van der Waals surface area contributed by atoms with Gasteiger partial charge in [0.25, 0.3) is 0 Å². The van der Waals surface area contributed by atoms with E-state index in [1.54, 1.807) is 28.4 Å². The number of rotatable bonds is 5. The lowest BCUT2D eigenvalue weighted by molar-refractivity contribution is -0.0931. The Kier molecular flexibility index (Phi) is 6.67. The molecule has 10 nitrogen and oxygen atoms in total. The fraction of sp³-hybridized carbons (Fsp3) is 0.471. The Hall–Kier alpha value is -3.19. The number of ether oxygens (including phenoxy) is 3. The second kappa shape index (κ2) is 8.95. The van der Waals surface area contributed by atoms with Crippen LogP contribution < -0.4 is 0 Å². The van der Waals surface area contributed by atoms with Gasteiger partial charge in [-0.15, -0.1) is 0 Å². The lowest BCUT2D eigenvalue weighted by atomic mass is 10.0. The summed E-state index contributed by atoms with van der Waals surface area (Å²) in [7, 11) is 4.89. The number of methoxy groups -OCH3 is 1. The highest BCUT2D eigenvalue weighted by Crippen LogP contribution is 2.34. The first-order valence-corrected chi connectivity index (χ1v) is 8.17. The average Bonchev–Trinajstić information content (AvgIpc) is 3.10. The molecule has 2 aliphatic rings. The van der Waals surface area contributed by atoms with Gasteiger partial charge in [-0.25, -0.2) is 19.8 Å². The number of amidine groups is 1. The van der Waals surface area contributed by atoms with Crippen molar-refractivity contribution in [3.63, 3.8) is 0 Å². The zero-order valence-corrected chi connectivity index (χ0v) is 15.5. The molecule has 0 aromatic rings. The van der Waals surface area contributed by atoms with Crippen molar-refractivity contribution in [2.75, 3.05) is 27.8 Å². The first-order chi connectivity index (χ1) is 12.9. The zero-order valence-electron chi connectivity index (χ0n) is 15.5. The highest BCUT2D eigenvalue weighted by atomic mass is 16.7. The molecule has 0 aromatic heterocycles. The van der Waals surface area contributed by atoms with E-state index in [-0.39, 0.29) is 6.61 Å². The number of carbonyl (C=O) groups excluding carboxylic acids is 1. The van der Waals surface area contributed by atoms with E-state index in [1.165, 1.54) is 13.4 Å². The van der Waals surface area contributed by atoms with Gasteiger partial charge in [0.15, 0.2) is 17.7 Å². The second-order valence-electron chi connectivity index (χ2n) is 5.98. The molecule has 0 radical (unpaired) electrons. The van der Waals surface area contributed by atoms with Gasteiger partial charge in [-0.2, -0.15) is 10.4 Å². The molecule has 0 spiro atoms. The van der Waals surface area contributed by atoms with Crippen molar-refractivity contribution in [1.82, 2.24) is 9.91 Å². The molecule has 0 saturated carbocycles. The molecule has 1 saturated heterocycles. The summed E-state index contributed by atoms with van der Waals surface area (Å²) in [6.07, 6.45) is 5.73. The summed E-state index contributed by atoms with van der Waals surface area (Å²) in [4.78, 5) is 21.5. The summed E-state index contributed by atoms with van der Waals surface area (Å²) in [6, 6.07) is 2.08. The summed E-state index contributed by atoms with van der Waals surface area (Å²) in [5, 5.41) is 15.4. The third-order valence-corrected chi connectivity index (χ3v) is 3.74. The lowest BCUT2D eigenvalue weighted by Gasteiger charge is -2.30. The largest absolute Gasteiger partial charge is 0.508 e. The van der Waals surface area contributed by atoms with Crippen molar-refractivity contribution in [1.29, 1.82) is 5.26 Å². The van der Waals surface area contributed by atoms with E-state index in [0.29, 0.717) is 24.4 Å². The highest BCUT2D eigenvalue weighted by Gasteiger charge is 2.45. The first-order valence-electron chi connectivity index (χ1n) is 8.17. The van der Waals surface area contributed by atoms with E-state index in [0.717, 1.165) is 0 Å². The van der Waals surface area contributed by atoms with E-state index in [4.69, 9.17) is 9.47 Å². The topological polar surface area (TPSA) is 112 Å². The SMILES string of the molecule is C=C/C=C1/C(/N=C\N(C)C)=NC=NN1[C@H]1CCC(C#N)(COC(=O)OC)O1. The number of hydrazone groups is 1. The van der Waals surface area contributed by atoms with E-state index < -0.39 is 18.0 Å². The number of allylic oxidation sites excluding steroid dienone is 2. The predicted octanol–water partition coefficient (Wildman–Crippen LogP) is 1.49. The van der Waals surface area contributed by atoms with Gasteiger partial charge < -0.3 is 19.1 Å². The van der Waals surface area contributed by atoms with Gasteiger partial charge in [0.05, 0.1) is 13.4 Å². The quantitative estimate of drug-likeness (QED) is 0.407. The van der Waals surface area contributed by atoms with E-state index >= 15 is 0 Å². The molecule has 0 aliphatic carbocycles. The Balaban J connectivity index is 2.17. The van der Waals surface area contributed by atoms with Crippen molar-refractivity contribution in [3.8, 4) is 6.07 Å². The third kappa shape index (κ3) is 4.92. The molecule has 144 valence electrons. The first kappa shape index (κ1) is 20.1. The van der Waals surface area contributed by atoms with Crippen LogP contribution in [0, 0.1) is 11.3 Å². The number of nitrogens with zero attached hydrogens (tertiary/aromatic N) is 6. The van der Waals surface area contributed by atoms with Gasteiger partial charge >= 0.3 is 6.16 Å². The number of carbonyl (C=O) groups is 1. The molecular formula is C17H22N6O4. The van der Waals surface area contributed by atoms with Crippen LogP contribution in [0.3, 0.4) is 0 Å². The number of hydrogen-bond acceptors (Lipinski definition) is 9. The Morgan fingerprint density at radius 1 is 1.67 bits per heavy atom. The van der Waals surface area contributed by atoms with Crippen molar-refractivity contribution < 1.29 is 19.0 Å². The Morgan fingerprint density at radius 2 is 2.44 bits per heavy atom. The zero-order chi connectivity index (χ0) is 19.9. The van der Waals surface area contributed by atoms with Crippen LogP contribution in [0.1, 0.15) is 12.8 Å². The predicted molar refractivity (Wildman–Crippen MR) is 99.0 cm³/mol. The molecule has 2 heterocycles. The Labute approximate surface area is 157 Å². The van der Waals surface area contributed by atoms with Crippen molar-refractivity contribution in [2.45, 2.75) is 24.7 Å².